The van der Waals surface area contributed by atoms with Gasteiger partial charge in [0.25, 0.3) is 0 Å². The van der Waals surface area contributed by atoms with Crippen molar-refractivity contribution in [2.45, 2.75) is 32.7 Å². The second-order valence-electron chi connectivity index (χ2n) is 4.09. The summed E-state index contributed by atoms with van der Waals surface area (Å²) in [7, 11) is -3.44. The van der Waals surface area contributed by atoms with E-state index in [1.165, 1.54) is 4.31 Å². The Morgan fingerprint density at radius 3 is 2.44 bits per heavy atom. The number of carbonyl (C=O) groups excluding carboxylic acids is 1. The molecule has 1 fully saturated rings. The molecule has 0 spiro atoms. The third-order valence-corrected chi connectivity index (χ3v) is 4.42. The Hall–Kier alpha value is -0.660. The Morgan fingerprint density at radius 2 is 1.94 bits per heavy atom. The molecule has 0 aromatic carbocycles. The predicted molar refractivity (Wildman–Crippen MR) is 66.6 cm³/mol. The van der Waals surface area contributed by atoms with E-state index in [9.17, 15) is 13.2 Å². The van der Waals surface area contributed by atoms with Gasteiger partial charge in [-0.05, 0) is 26.7 Å². The van der Waals surface area contributed by atoms with Crippen LogP contribution in [0.25, 0.3) is 0 Å². The van der Waals surface area contributed by atoms with Gasteiger partial charge in [-0.25, -0.2) is 8.42 Å². The van der Waals surface area contributed by atoms with Crippen LogP contribution in [-0.4, -0.2) is 56.9 Å². The fourth-order valence-corrected chi connectivity index (χ4v) is 3.11. The third-order valence-electron chi connectivity index (χ3n) is 2.59. The van der Waals surface area contributed by atoms with Gasteiger partial charge in [-0.1, -0.05) is 0 Å². The predicted octanol–water partition coefficient (Wildman–Crippen LogP) is 0.380. The summed E-state index contributed by atoms with van der Waals surface area (Å²) in [5.41, 5.74) is 0. The Kier molecular flexibility index (Phi) is 6.04. The highest BCUT2D eigenvalue weighted by Gasteiger charge is 2.38. The maximum absolute atomic E-state index is 12.1. The lowest BCUT2D eigenvalue weighted by atomic mass is 10.6. The molecule has 0 aromatic heterocycles. The average Bonchev–Trinajstić information content (AvgIpc) is 3.10. The molecule has 18 heavy (non-hydrogen) atoms. The molecule has 0 aliphatic heterocycles. The van der Waals surface area contributed by atoms with Crippen LogP contribution in [0, 0.1) is 0 Å². The summed E-state index contributed by atoms with van der Waals surface area (Å²) in [6, 6.07) is -0.0407. The molecule has 0 saturated heterocycles. The number of rotatable bonds is 9. The molecule has 6 nitrogen and oxygen atoms in total. The maximum atomic E-state index is 12.1. The van der Waals surface area contributed by atoms with Crippen LogP contribution >= 0.6 is 0 Å². The highest BCUT2D eigenvalue weighted by atomic mass is 32.2. The summed E-state index contributed by atoms with van der Waals surface area (Å²) < 4.78 is 35.2. The van der Waals surface area contributed by atoms with E-state index in [0.717, 1.165) is 12.8 Å². The Bertz CT molecular complexity index is 364. The first-order valence-electron chi connectivity index (χ1n) is 6.24. The van der Waals surface area contributed by atoms with Crippen LogP contribution in [0.15, 0.2) is 0 Å². The van der Waals surface area contributed by atoms with Gasteiger partial charge in [-0.3, -0.25) is 4.79 Å². The second-order valence-corrected chi connectivity index (χ2v) is 6.14. The van der Waals surface area contributed by atoms with Crippen molar-refractivity contribution in [1.82, 2.24) is 4.31 Å². The summed E-state index contributed by atoms with van der Waals surface area (Å²) in [6.07, 6.45) is 1.63. The highest BCUT2D eigenvalue weighted by molar-refractivity contribution is 7.89. The molecule has 1 rings (SSSR count). The average molecular weight is 279 g/mol. The van der Waals surface area contributed by atoms with E-state index in [4.69, 9.17) is 9.47 Å². The summed E-state index contributed by atoms with van der Waals surface area (Å²) in [5, 5.41) is 0. The number of nitrogens with zero attached hydrogens (tertiary/aromatic N) is 1. The highest BCUT2D eigenvalue weighted by Crippen LogP contribution is 2.29. The molecule has 0 N–H and O–H groups in total. The first-order chi connectivity index (χ1) is 8.51. The van der Waals surface area contributed by atoms with Crippen LogP contribution in [0.4, 0.5) is 0 Å². The van der Waals surface area contributed by atoms with Gasteiger partial charge in [0.15, 0.2) is 0 Å². The molecule has 0 bridgehead atoms. The van der Waals surface area contributed by atoms with Gasteiger partial charge in [-0.2, -0.15) is 4.31 Å². The van der Waals surface area contributed by atoms with Crippen LogP contribution in [0.5, 0.6) is 0 Å². The minimum Gasteiger partial charge on any atom is -0.465 e. The Labute approximate surface area is 108 Å². The standard InChI is InChI=1S/C11H21NO5S/c1-3-16-7-8-18(14,15)12(10-5-6-10)9-11(13)17-4-2/h10H,3-9H2,1-2H3. The molecule has 1 aliphatic rings. The minimum absolute atomic E-state index is 0.0407. The third kappa shape index (κ3) is 4.91. The zero-order valence-corrected chi connectivity index (χ0v) is 11.7. The lowest BCUT2D eigenvalue weighted by Crippen LogP contribution is -2.40. The topological polar surface area (TPSA) is 72.9 Å². The number of carbonyl (C=O) groups is 1. The molecule has 7 heteroatoms. The van der Waals surface area contributed by atoms with Crippen molar-refractivity contribution in [3.05, 3.63) is 0 Å². The first kappa shape index (κ1) is 15.4. The van der Waals surface area contributed by atoms with Gasteiger partial charge < -0.3 is 9.47 Å². The van der Waals surface area contributed by atoms with Crippen LogP contribution in [0.3, 0.4) is 0 Å². The smallest absolute Gasteiger partial charge is 0.321 e. The van der Waals surface area contributed by atoms with Crippen molar-refractivity contribution in [2.24, 2.45) is 0 Å². The van der Waals surface area contributed by atoms with Gasteiger partial charge in [-0.15, -0.1) is 0 Å². The Balaban J connectivity index is 2.57. The normalized spacial score (nSPS) is 15.9. The maximum Gasteiger partial charge on any atom is 0.321 e. The summed E-state index contributed by atoms with van der Waals surface area (Å²) >= 11 is 0. The zero-order chi connectivity index (χ0) is 13.6. The zero-order valence-electron chi connectivity index (χ0n) is 10.9. The summed E-state index contributed by atoms with van der Waals surface area (Å²) in [5.74, 6) is -0.583. The van der Waals surface area contributed by atoms with Gasteiger partial charge in [0.1, 0.15) is 6.54 Å². The van der Waals surface area contributed by atoms with Crippen molar-refractivity contribution in [3.63, 3.8) is 0 Å². The quantitative estimate of drug-likeness (QED) is 0.450. The first-order valence-corrected chi connectivity index (χ1v) is 7.85. The van der Waals surface area contributed by atoms with Crippen LogP contribution in [0.1, 0.15) is 26.7 Å². The van der Waals surface area contributed by atoms with Crippen LogP contribution in [0.2, 0.25) is 0 Å². The van der Waals surface area contributed by atoms with Gasteiger partial charge in [0, 0.05) is 12.6 Å². The van der Waals surface area contributed by atoms with Gasteiger partial charge in [0.2, 0.25) is 10.0 Å². The van der Waals surface area contributed by atoms with E-state index in [0.29, 0.717) is 6.61 Å². The van der Waals surface area contributed by atoms with Crippen molar-refractivity contribution in [3.8, 4) is 0 Å². The van der Waals surface area contributed by atoms with Gasteiger partial charge >= 0.3 is 5.97 Å². The number of hydrogen-bond acceptors (Lipinski definition) is 5. The second kappa shape index (κ2) is 7.06. The molecule has 0 heterocycles. The van der Waals surface area contributed by atoms with E-state index in [1.807, 2.05) is 6.92 Å². The lowest BCUT2D eigenvalue weighted by molar-refractivity contribution is -0.143. The minimum atomic E-state index is -3.44. The molecule has 1 aliphatic carbocycles. The van der Waals surface area contributed by atoms with Gasteiger partial charge in [0.05, 0.1) is 19.0 Å². The van der Waals surface area contributed by atoms with E-state index in [1.54, 1.807) is 6.92 Å². The molecule has 1 saturated carbocycles. The largest absolute Gasteiger partial charge is 0.465 e. The lowest BCUT2D eigenvalue weighted by Gasteiger charge is -2.20. The van der Waals surface area contributed by atoms with E-state index in [2.05, 4.69) is 0 Å². The van der Waals surface area contributed by atoms with Crippen molar-refractivity contribution >= 4 is 16.0 Å². The SMILES string of the molecule is CCOCCS(=O)(=O)N(CC(=O)OCC)C1CC1. The summed E-state index contributed by atoms with van der Waals surface area (Å²) in [6.45, 7) is 4.22. The fourth-order valence-electron chi connectivity index (χ4n) is 1.58. The molecular weight excluding hydrogens is 258 g/mol. The van der Waals surface area contributed by atoms with Crippen molar-refractivity contribution in [1.29, 1.82) is 0 Å². The van der Waals surface area contributed by atoms with Crippen LogP contribution in [-0.2, 0) is 24.3 Å². The van der Waals surface area contributed by atoms with Crippen molar-refractivity contribution in [2.75, 3.05) is 32.1 Å². The summed E-state index contributed by atoms with van der Waals surface area (Å²) in [4.78, 5) is 11.4. The molecule has 0 unspecified atom stereocenters. The Morgan fingerprint density at radius 1 is 1.28 bits per heavy atom. The molecule has 0 aromatic rings. The molecule has 0 amide bonds. The molecule has 0 atom stereocenters. The van der Waals surface area contributed by atoms with E-state index < -0.39 is 16.0 Å². The molecule has 0 radical (unpaired) electrons. The molecule has 106 valence electrons. The number of esters is 1. The monoisotopic (exact) mass is 279 g/mol. The number of ether oxygens (including phenoxy) is 2. The van der Waals surface area contributed by atoms with E-state index in [-0.39, 0.29) is 31.6 Å². The number of hydrogen-bond donors (Lipinski definition) is 0. The fraction of sp³-hybridized carbons (Fsp3) is 0.909. The van der Waals surface area contributed by atoms with Crippen LogP contribution < -0.4 is 0 Å². The molecular formula is C11H21NO5S. The number of sulfonamides is 1. The van der Waals surface area contributed by atoms with E-state index >= 15 is 0 Å². The van der Waals surface area contributed by atoms with Crippen molar-refractivity contribution < 1.29 is 22.7 Å².